The molecule has 0 saturated heterocycles. The van der Waals surface area contributed by atoms with Crippen LogP contribution in [-0.4, -0.2) is 34.9 Å². The van der Waals surface area contributed by atoms with Crippen molar-refractivity contribution in [2.24, 2.45) is 7.05 Å². The third-order valence-corrected chi connectivity index (χ3v) is 3.50. The number of aryl methyl sites for hydroxylation is 1. The van der Waals surface area contributed by atoms with Gasteiger partial charge in [0.2, 0.25) is 0 Å². The fourth-order valence-corrected chi connectivity index (χ4v) is 2.19. The molecule has 146 valence electrons. The second kappa shape index (κ2) is 7.91. The third-order valence-electron chi connectivity index (χ3n) is 3.50. The lowest BCUT2D eigenvalue weighted by atomic mass is 10.2. The van der Waals surface area contributed by atoms with E-state index in [9.17, 15) is 31.9 Å². The van der Waals surface area contributed by atoms with Crippen molar-refractivity contribution in [2.75, 3.05) is 11.9 Å². The molecular formula is C17H12F4N4O3. The van der Waals surface area contributed by atoms with E-state index < -0.39 is 36.1 Å². The number of carbonyl (C=O) groups excluding carboxylic acids is 3. The molecule has 0 radical (unpaired) electrons. The number of rotatable bonds is 5. The molecule has 0 fully saturated rings. The number of halogens is 4. The SMILES string of the molecule is Cn1cc(C(=O)C(=O)NCC(F)(F)F)cc1C(=O)Nc1ccc(F)c(C#N)c1. The lowest BCUT2D eigenvalue weighted by Crippen LogP contribution is -2.37. The van der Waals surface area contributed by atoms with Crippen LogP contribution in [0.25, 0.3) is 0 Å². The molecule has 0 spiro atoms. The van der Waals surface area contributed by atoms with Crippen LogP contribution >= 0.6 is 0 Å². The second-order valence-electron chi connectivity index (χ2n) is 5.61. The molecular weight excluding hydrogens is 384 g/mol. The maximum Gasteiger partial charge on any atom is 0.405 e. The fourth-order valence-electron chi connectivity index (χ4n) is 2.19. The Kier molecular flexibility index (Phi) is 5.83. The number of carbonyl (C=O) groups is 3. The first-order valence-electron chi connectivity index (χ1n) is 7.58. The van der Waals surface area contributed by atoms with Gasteiger partial charge in [-0.3, -0.25) is 14.4 Å². The Balaban J connectivity index is 2.15. The van der Waals surface area contributed by atoms with Crippen molar-refractivity contribution < 1.29 is 31.9 Å². The Morgan fingerprint density at radius 1 is 1.21 bits per heavy atom. The summed E-state index contributed by atoms with van der Waals surface area (Å²) in [5, 5.41) is 12.6. The fraction of sp³-hybridized carbons (Fsp3) is 0.176. The smallest absolute Gasteiger partial charge is 0.346 e. The minimum absolute atomic E-state index is 0.0881. The van der Waals surface area contributed by atoms with Crippen molar-refractivity contribution >= 4 is 23.3 Å². The molecule has 0 atom stereocenters. The number of aromatic nitrogens is 1. The third kappa shape index (κ3) is 4.94. The molecule has 1 heterocycles. The number of nitriles is 1. The Morgan fingerprint density at radius 2 is 1.89 bits per heavy atom. The monoisotopic (exact) mass is 396 g/mol. The average molecular weight is 396 g/mol. The first-order valence-corrected chi connectivity index (χ1v) is 7.58. The summed E-state index contributed by atoms with van der Waals surface area (Å²) >= 11 is 0. The van der Waals surface area contributed by atoms with Crippen LogP contribution in [0.3, 0.4) is 0 Å². The molecule has 2 N–H and O–H groups in total. The summed E-state index contributed by atoms with van der Waals surface area (Å²) in [5.74, 6) is -4.22. The van der Waals surface area contributed by atoms with Gasteiger partial charge in [0, 0.05) is 24.5 Å². The Hall–Kier alpha value is -3.68. The summed E-state index contributed by atoms with van der Waals surface area (Å²) in [6.07, 6.45) is -3.56. The van der Waals surface area contributed by atoms with Gasteiger partial charge in [-0.05, 0) is 24.3 Å². The first-order chi connectivity index (χ1) is 13.0. The van der Waals surface area contributed by atoms with Crippen molar-refractivity contribution in [3.8, 4) is 6.07 Å². The van der Waals surface area contributed by atoms with Gasteiger partial charge in [0.05, 0.1) is 5.56 Å². The summed E-state index contributed by atoms with van der Waals surface area (Å²) in [4.78, 5) is 35.8. The van der Waals surface area contributed by atoms with Crippen LogP contribution in [0.4, 0.5) is 23.2 Å². The van der Waals surface area contributed by atoms with Crippen LogP contribution in [-0.2, 0) is 11.8 Å². The Bertz CT molecular complexity index is 989. The summed E-state index contributed by atoms with van der Waals surface area (Å²) in [6, 6.07) is 5.95. The number of nitrogens with one attached hydrogen (secondary N) is 2. The number of Topliss-reactive ketones (excluding diaryl/α,β-unsaturated/α-hetero) is 1. The van der Waals surface area contributed by atoms with Crippen molar-refractivity contribution in [1.82, 2.24) is 9.88 Å². The van der Waals surface area contributed by atoms with Crippen molar-refractivity contribution in [1.29, 1.82) is 5.26 Å². The lowest BCUT2D eigenvalue weighted by molar-refractivity contribution is -0.135. The molecule has 0 aliphatic rings. The van der Waals surface area contributed by atoms with Gasteiger partial charge in [-0.2, -0.15) is 18.4 Å². The molecule has 1 aromatic carbocycles. The second-order valence-corrected chi connectivity index (χ2v) is 5.61. The van der Waals surface area contributed by atoms with E-state index in [0.29, 0.717) is 0 Å². The maximum atomic E-state index is 13.3. The number of amides is 2. The molecule has 0 saturated carbocycles. The molecule has 11 heteroatoms. The number of ketones is 1. The zero-order chi connectivity index (χ0) is 21.1. The first kappa shape index (κ1) is 20.6. The highest BCUT2D eigenvalue weighted by Gasteiger charge is 2.30. The van der Waals surface area contributed by atoms with E-state index in [4.69, 9.17) is 5.26 Å². The van der Waals surface area contributed by atoms with Crippen LogP contribution in [0.2, 0.25) is 0 Å². The normalized spacial score (nSPS) is 10.9. The average Bonchev–Trinajstić information content (AvgIpc) is 3.01. The zero-order valence-electron chi connectivity index (χ0n) is 14.2. The Morgan fingerprint density at radius 3 is 2.50 bits per heavy atom. The largest absolute Gasteiger partial charge is 0.405 e. The quantitative estimate of drug-likeness (QED) is 0.459. The van der Waals surface area contributed by atoms with Crippen LogP contribution in [0, 0.1) is 17.1 Å². The van der Waals surface area contributed by atoms with E-state index in [1.54, 1.807) is 6.07 Å². The molecule has 1 aromatic heterocycles. The molecule has 0 aliphatic carbocycles. The van der Waals surface area contributed by atoms with Crippen LogP contribution in [0.5, 0.6) is 0 Å². The van der Waals surface area contributed by atoms with Gasteiger partial charge in [0.1, 0.15) is 24.1 Å². The van der Waals surface area contributed by atoms with E-state index in [1.807, 2.05) is 0 Å². The maximum absolute atomic E-state index is 13.3. The predicted molar refractivity (Wildman–Crippen MR) is 87.9 cm³/mol. The van der Waals surface area contributed by atoms with E-state index in [1.165, 1.54) is 23.0 Å². The van der Waals surface area contributed by atoms with Crippen LogP contribution < -0.4 is 10.6 Å². The molecule has 28 heavy (non-hydrogen) atoms. The number of alkyl halides is 3. The standard InChI is InChI=1S/C17H12F4N4O3/c1-25-7-10(14(26)16(28)23-8-17(19,20)21)5-13(25)15(27)24-11-2-3-12(18)9(4-11)6-22/h2-5,7H,8H2,1H3,(H,23,28)(H,24,27). The van der Waals surface area contributed by atoms with Gasteiger partial charge in [0.25, 0.3) is 17.6 Å². The molecule has 0 unspecified atom stereocenters. The van der Waals surface area contributed by atoms with E-state index in [-0.39, 0.29) is 22.5 Å². The van der Waals surface area contributed by atoms with Crippen LogP contribution in [0.15, 0.2) is 30.5 Å². The van der Waals surface area contributed by atoms with Crippen molar-refractivity contribution in [2.45, 2.75) is 6.18 Å². The number of benzene rings is 1. The van der Waals surface area contributed by atoms with Gasteiger partial charge >= 0.3 is 6.18 Å². The highest BCUT2D eigenvalue weighted by molar-refractivity contribution is 6.43. The van der Waals surface area contributed by atoms with Gasteiger partial charge in [0.15, 0.2) is 0 Å². The molecule has 2 aromatic rings. The molecule has 0 bridgehead atoms. The Labute approximate surface area is 155 Å². The lowest BCUT2D eigenvalue weighted by Gasteiger charge is -2.06. The van der Waals surface area contributed by atoms with E-state index >= 15 is 0 Å². The number of hydrogen-bond donors (Lipinski definition) is 2. The van der Waals surface area contributed by atoms with E-state index in [2.05, 4.69) is 5.32 Å². The predicted octanol–water partition coefficient (Wildman–Crippen LogP) is 2.15. The van der Waals surface area contributed by atoms with E-state index in [0.717, 1.165) is 24.4 Å². The number of anilines is 1. The highest BCUT2D eigenvalue weighted by atomic mass is 19.4. The molecule has 2 amide bonds. The number of nitrogens with zero attached hydrogens (tertiary/aromatic N) is 2. The van der Waals surface area contributed by atoms with Gasteiger partial charge in [-0.1, -0.05) is 0 Å². The van der Waals surface area contributed by atoms with Gasteiger partial charge in [-0.15, -0.1) is 0 Å². The van der Waals surface area contributed by atoms with Crippen LogP contribution in [0.1, 0.15) is 26.4 Å². The summed E-state index contributed by atoms with van der Waals surface area (Å²) in [6.45, 7) is -1.66. The summed E-state index contributed by atoms with van der Waals surface area (Å²) in [5.41, 5.74) is -0.555. The van der Waals surface area contributed by atoms with Crippen molar-refractivity contribution in [3.63, 3.8) is 0 Å². The van der Waals surface area contributed by atoms with Gasteiger partial charge in [-0.25, -0.2) is 4.39 Å². The molecule has 0 aliphatic heterocycles. The highest BCUT2D eigenvalue weighted by Crippen LogP contribution is 2.17. The molecule has 2 rings (SSSR count). The molecule has 7 nitrogen and oxygen atoms in total. The number of hydrogen-bond acceptors (Lipinski definition) is 4. The minimum atomic E-state index is -4.67. The van der Waals surface area contributed by atoms with Gasteiger partial charge < -0.3 is 15.2 Å². The minimum Gasteiger partial charge on any atom is -0.346 e. The topological polar surface area (TPSA) is 104 Å². The summed E-state index contributed by atoms with van der Waals surface area (Å²) in [7, 11) is 1.38. The summed E-state index contributed by atoms with van der Waals surface area (Å²) < 4.78 is 50.8. The zero-order valence-corrected chi connectivity index (χ0v) is 14.2. The van der Waals surface area contributed by atoms with Crippen molar-refractivity contribution in [3.05, 3.63) is 53.1 Å².